The molecule has 1 fully saturated rings. The Labute approximate surface area is 171 Å². The molecule has 2 aromatic rings. The SMILES string of the molecule is CC(C)(C)NC(=O)c1ccc(N2CCN(Cc3ccc4c(c3)OCO4)CC2)cn1. The van der Waals surface area contributed by atoms with Gasteiger partial charge in [-0.2, -0.15) is 0 Å². The Morgan fingerprint density at radius 3 is 2.52 bits per heavy atom. The summed E-state index contributed by atoms with van der Waals surface area (Å²) in [6.45, 7) is 10.9. The number of anilines is 1. The number of benzene rings is 1. The van der Waals surface area contributed by atoms with E-state index in [0.29, 0.717) is 12.5 Å². The van der Waals surface area contributed by atoms with Gasteiger partial charge in [0.2, 0.25) is 6.79 Å². The second-order valence-corrected chi connectivity index (χ2v) is 8.56. The molecular formula is C22H28N4O3. The summed E-state index contributed by atoms with van der Waals surface area (Å²) in [5, 5.41) is 2.94. The van der Waals surface area contributed by atoms with Crippen molar-refractivity contribution >= 4 is 11.6 Å². The van der Waals surface area contributed by atoms with Gasteiger partial charge in [0.15, 0.2) is 11.5 Å². The van der Waals surface area contributed by atoms with E-state index >= 15 is 0 Å². The molecule has 29 heavy (non-hydrogen) atoms. The summed E-state index contributed by atoms with van der Waals surface area (Å²) in [5.41, 5.74) is 2.47. The van der Waals surface area contributed by atoms with Crippen LogP contribution >= 0.6 is 0 Å². The lowest BCUT2D eigenvalue weighted by Crippen LogP contribution is -2.46. The molecule has 0 atom stereocenters. The minimum atomic E-state index is -0.272. The largest absolute Gasteiger partial charge is 0.454 e. The van der Waals surface area contributed by atoms with E-state index in [0.717, 1.165) is 49.9 Å². The lowest BCUT2D eigenvalue weighted by Gasteiger charge is -2.36. The molecule has 1 aromatic carbocycles. The molecule has 0 aliphatic carbocycles. The fraction of sp³-hybridized carbons (Fsp3) is 0.455. The number of hydrogen-bond donors (Lipinski definition) is 1. The highest BCUT2D eigenvalue weighted by Gasteiger charge is 2.20. The first-order valence-corrected chi connectivity index (χ1v) is 10.0. The van der Waals surface area contributed by atoms with E-state index in [1.165, 1.54) is 5.56 Å². The van der Waals surface area contributed by atoms with Gasteiger partial charge in [-0.1, -0.05) is 6.07 Å². The molecule has 0 bridgehead atoms. The molecule has 4 rings (SSSR count). The first-order valence-electron chi connectivity index (χ1n) is 10.0. The molecule has 1 amide bonds. The van der Waals surface area contributed by atoms with E-state index < -0.39 is 0 Å². The fourth-order valence-electron chi connectivity index (χ4n) is 3.57. The maximum Gasteiger partial charge on any atom is 0.270 e. The van der Waals surface area contributed by atoms with Crippen molar-refractivity contribution < 1.29 is 14.3 Å². The van der Waals surface area contributed by atoms with Gasteiger partial charge in [0, 0.05) is 38.3 Å². The van der Waals surface area contributed by atoms with Gasteiger partial charge in [0.05, 0.1) is 11.9 Å². The number of fused-ring (bicyclic) bond motifs is 1. The van der Waals surface area contributed by atoms with Crippen molar-refractivity contribution in [2.24, 2.45) is 0 Å². The molecule has 0 unspecified atom stereocenters. The maximum absolute atomic E-state index is 12.2. The van der Waals surface area contributed by atoms with Crippen molar-refractivity contribution in [1.29, 1.82) is 0 Å². The van der Waals surface area contributed by atoms with E-state index in [1.54, 1.807) is 12.3 Å². The molecule has 2 aliphatic rings. The highest BCUT2D eigenvalue weighted by Crippen LogP contribution is 2.33. The number of nitrogens with zero attached hydrogens (tertiary/aromatic N) is 3. The molecule has 0 spiro atoms. The average Bonchev–Trinajstić information content (AvgIpc) is 3.15. The summed E-state index contributed by atoms with van der Waals surface area (Å²) >= 11 is 0. The Balaban J connectivity index is 1.31. The summed E-state index contributed by atoms with van der Waals surface area (Å²) < 4.78 is 10.9. The normalized spacial score (nSPS) is 16.7. The molecule has 7 nitrogen and oxygen atoms in total. The Morgan fingerprint density at radius 2 is 1.83 bits per heavy atom. The van der Waals surface area contributed by atoms with Crippen LogP contribution in [0.15, 0.2) is 36.5 Å². The van der Waals surface area contributed by atoms with Crippen LogP contribution in [0.3, 0.4) is 0 Å². The minimum Gasteiger partial charge on any atom is -0.454 e. The fourth-order valence-corrected chi connectivity index (χ4v) is 3.57. The van der Waals surface area contributed by atoms with E-state index in [2.05, 4.69) is 32.2 Å². The number of carbonyl (C=O) groups is 1. The van der Waals surface area contributed by atoms with Crippen LogP contribution in [0.1, 0.15) is 36.8 Å². The van der Waals surface area contributed by atoms with E-state index in [4.69, 9.17) is 9.47 Å². The number of nitrogens with one attached hydrogen (secondary N) is 1. The molecule has 0 saturated carbocycles. The van der Waals surface area contributed by atoms with Crippen molar-refractivity contribution in [3.8, 4) is 11.5 Å². The summed E-state index contributed by atoms with van der Waals surface area (Å²) in [6.07, 6.45) is 1.80. The number of hydrogen-bond acceptors (Lipinski definition) is 6. The van der Waals surface area contributed by atoms with Crippen LogP contribution in [-0.4, -0.2) is 54.3 Å². The van der Waals surface area contributed by atoms with Crippen LogP contribution in [0.4, 0.5) is 5.69 Å². The molecule has 1 aromatic heterocycles. The molecule has 1 N–H and O–H groups in total. The van der Waals surface area contributed by atoms with Gasteiger partial charge in [-0.15, -0.1) is 0 Å². The van der Waals surface area contributed by atoms with Crippen LogP contribution in [0.5, 0.6) is 11.5 Å². The third kappa shape index (κ3) is 4.79. The second-order valence-electron chi connectivity index (χ2n) is 8.56. The first-order chi connectivity index (χ1) is 13.9. The summed E-state index contributed by atoms with van der Waals surface area (Å²) in [4.78, 5) is 21.3. The Morgan fingerprint density at radius 1 is 1.07 bits per heavy atom. The Bertz CT molecular complexity index is 869. The summed E-state index contributed by atoms with van der Waals surface area (Å²) in [5.74, 6) is 1.52. The second kappa shape index (κ2) is 7.91. The van der Waals surface area contributed by atoms with Crippen molar-refractivity contribution in [2.45, 2.75) is 32.9 Å². The number of pyridine rings is 1. The van der Waals surface area contributed by atoms with Gasteiger partial charge in [-0.25, -0.2) is 4.98 Å². The molecule has 154 valence electrons. The van der Waals surface area contributed by atoms with Crippen LogP contribution in [-0.2, 0) is 6.54 Å². The summed E-state index contributed by atoms with van der Waals surface area (Å²) in [6, 6.07) is 9.94. The zero-order valence-corrected chi connectivity index (χ0v) is 17.3. The number of piperazine rings is 1. The predicted molar refractivity (Wildman–Crippen MR) is 112 cm³/mol. The third-order valence-electron chi connectivity index (χ3n) is 5.05. The number of rotatable bonds is 4. The van der Waals surface area contributed by atoms with Crippen molar-refractivity contribution in [3.05, 3.63) is 47.8 Å². The third-order valence-corrected chi connectivity index (χ3v) is 5.05. The zero-order chi connectivity index (χ0) is 20.4. The molecule has 0 radical (unpaired) electrons. The molecule has 3 heterocycles. The van der Waals surface area contributed by atoms with Crippen LogP contribution in [0.25, 0.3) is 0 Å². The van der Waals surface area contributed by atoms with Gasteiger partial charge in [0.1, 0.15) is 5.69 Å². The predicted octanol–water partition coefficient (Wildman–Crippen LogP) is 2.66. The van der Waals surface area contributed by atoms with Gasteiger partial charge in [0.25, 0.3) is 5.91 Å². The topological polar surface area (TPSA) is 66.9 Å². The Hall–Kier alpha value is -2.80. The first kappa shape index (κ1) is 19.5. The number of aromatic nitrogens is 1. The highest BCUT2D eigenvalue weighted by molar-refractivity contribution is 5.92. The van der Waals surface area contributed by atoms with Gasteiger partial charge in [-0.05, 0) is 50.6 Å². The maximum atomic E-state index is 12.2. The highest BCUT2D eigenvalue weighted by atomic mass is 16.7. The molecule has 7 heteroatoms. The monoisotopic (exact) mass is 396 g/mol. The number of ether oxygens (including phenoxy) is 2. The lowest BCUT2D eigenvalue weighted by molar-refractivity contribution is 0.0914. The van der Waals surface area contributed by atoms with Crippen molar-refractivity contribution in [1.82, 2.24) is 15.2 Å². The van der Waals surface area contributed by atoms with Crippen molar-refractivity contribution in [2.75, 3.05) is 37.9 Å². The minimum absolute atomic E-state index is 0.141. The number of carbonyl (C=O) groups excluding carboxylic acids is 1. The zero-order valence-electron chi connectivity index (χ0n) is 17.3. The van der Waals surface area contributed by atoms with Crippen LogP contribution < -0.4 is 19.7 Å². The van der Waals surface area contributed by atoms with E-state index in [-0.39, 0.29) is 11.4 Å². The summed E-state index contributed by atoms with van der Waals surface area (Å²) in [7, 11) is 0. The van der Waals surface area contributed by atoms with Crippen LogP contribution in [0, 0.1) is 0 Å². The quantitative estimate of drug-likeness (QED) is 0.857. The molecular weight excluding hydrogens is 368 g/mol. The van der Waals surface area contributed by atoms with Gasteiger partial charge < -0.3 is 19.7 Å². The van der Waals surface area contributed by atoms with Gasteiger partial charge in [-0.3, -0.25) is 9.69 Å². The average molecular weight is 396 g/mol. The van der Waals surface area contributed by atoms with Crippen molar-refractivity contribution in [3.63, 3.8) is 0 Å². The molecule has 1 saturated heterocycles. The van der Waals surface area contributed by atoms with E-state index in [9.17, 15) is 4.79 Å². The van der Waals surface area contributed by atoms with Crippen LogP contribution in [0.2, 0.25) is 0 Å². The number of amides is 1. The smallest absolute Gasteiger partial charge is 0.270 e. The lowest BCUT2D eigenvalue weighted by atomic mass is 10.1. The van der Waals surface area contributed by atoms with Gasteiger partial charge >= 0.3 is 0 Å². The molecule has 2 aliphatic heterocycles. The standard InChI is InChI=1S/C22H28N4O3/c1-22(2,3)24-21(27)18-6-5-17(13-23-18)26-10-8-25(9-11-26)14-16-4-7-19-20(12-16)29-15-28-19/h4-7,12-13H,8-11,14-15H2,1-3H3,(H,24,27). The van der Waals surface area contributed by atoms with E-state index in [1.807, 2.05) is 32.9 Å². The Kier molecular flexibility index (Phi) is 5.32.